The number of hydrogen-bond acceptors (Lipinski definition) is 5. The minimum Gasteiger partial charge on any atom is -0.462 e. The van der Waals surface area contributed by atoms with E-state index in [1.54, 1.807) is 25.6 Å². The maximum Gasteiger partial charge on any atom is 0.341 e. The van der Waals surface area contributed by atoms with Gasteiger partial charge in [-0.05, 0) is 33.2 Å². The van der Waals surface area contributed by atoms with E-state index in [2.05, 4.69) is 10.4 Å². The van der Waals surface area contributed by atoms with Crippen LogP contribution in [-0.2, 0) is 18.3 Å². The van der Waals surface area contributed by atoms with Gasteiger partial charge in [0.25, 0.3) is 0 Å². The summed E-state index contributed by atoms with van der Waals surface area (Å²) < 4.78 is 6.66. The van der Waals surface area contributed by atoms with E-state index in [4.69, 9.17) is 9.84 Å². The number of aromatic nitrogens is 2. The molecule has 1 rings (SSSR count). The average Bonchev–Trinajstić information content (AvgIpc) is 2.70. The molecule has 0 bridgehead atoms. The summed E-state index contributed by atoms with van der Waals surface area (Å²) in [5.74, 6) is -0.337. The second-order valence-electron chi connectivity index (χ2n) is 4.52. The fraction of sp³-hybridized carbons (Fsp3) is 0.692. The summed E-state index contributed by atoms with van der Waals surface area (Å²) in [7, 11) is 1.80. The third-order valence-electron chi connectivity index (χ3n) is 2.82. The number of aliphatic hydroxyl groups is 1. The van der Waals surface area contributed by atoms with Crippen molar-refractivity contribution in [3.05, 3.63) is 17.5 Å². The standard InChI is InChI=1S/C13H23N3O3/c1-4-19-13(18)11-8-15-16(3)12(11)9-14-7-5-6-10(2)17/h8,10,14,17H,4-7,9H2,1-3H3. The lowest BCUT2D eigenvalue weighted by molar-refractivity contribution is 0.0524. The van der Waals surface area contributed by atoms with Crippen molar-refractivity contribution < 1.29 is 14.6 Å². The van der Waals surface area contributed by atoms with Gasteiger partial charge in [-0.15, -0.1) is 0 Å². The van der Waals surface area contributed by atoms with E-state index in [1.165, 1.54) is 6.20 Å². The zero-order chi connectivity index (χ0) is 14.3. The number of aryl methyl sites for hydroxylation is 1. The lowest BCUT2D eigenvalue weighted by Gasteiger charge is -2.08. The fourth-order valence-electron chi connectivity index (χ4n) is 1.78. The molecule has 0 aliphatic carbocycles. The van der Waals surface area contributed by atoms with Crippen molar-refractivity contribution in [2.45, 2.75) is 39.3 Å². The van der Waals surface area contributed by atoms with Gasteiger partial charge in [-0.25, -0.2) is 4.79 Å². The first kappa shape index (κ1) is 15.7. The maximum atomic E-state index is 11.7. The molecule has 1 heterocycles. The van der Waals surface area contributed by atoms with E-state index in [0.717, 1.165) is 25.1 Å². The molecule has 0 radical (unpaired) electrons. The Morgan fingerprint density at radius 1 is 1.63 bits per heavy atom. The minimum atomic E-state index is -0.337. The van der Waals surface area contributed by atoms with Gasteiger partial charge in [-0.1, -0.05) is 0 Å². The van der Waals surface area contributed by atoms with Crippen LogP contribution in [0.4, 0.5) is 0 Å². The van der Waals surface area contributed by atoms with Gasteiger partial charge in [0.05, 0.1) is 24.6 Å². The second kappa shape index (κ2) is 7.91. The van der Waals surface area contributed by atoms with E-state index in [-0.39, 0.29) is 12.1 Å². The third-order valence-corrected chi connectivity index (χ3v) is 2.82. The number of nitrogens with zero attached hydrogens (tertiary/aromatic N) is 2. The van der Waals surface area contributed by atoms with Gasteiger partial charge < -0.3 is 15.2 Å². The monoisotopic (exact) mass is 269 g/mol. The van der Waals surface area contributed by atoms with Crippen LogP contribution >= 0.6 is 0 Å². The molecule has 0 saturated heterocycles. The van der Waals surface area contributed by atoms with Crippen molar-refractivity contribution in [3.8, 4) is 0 Å². The van der Waals surface area contributed by atoms with Gasteiger partial charge in [-0.3, -0.25) is 4.68 Å². The summed E-state index contributed by atoms with van der Waals surface area (Å²) in [6, 6.07) is 0. The Balaban J connectivity index is 2.48. The molecule has 0 amide bonds. The highest BCUT2D eigenvalue weighted by Crippen LogP contribution is 2.09. The highest BCUT2D eigenvalue weighted by Gasteiger charge is 2.16. The molecule has 0 saturated carbocycles. The van der Waals surface area contributed by atoms with Crippen LogP contribution < -0.4 is 5.32 Å². The average molecular weight is 269 g/mol. The largest absolute Gasteiger partial charge is 0.462 e. The van der Waals surface area contributed by atoms with Gasteiger partial charge in [0.1, 0.15) is 5.56 Å². The van der Waals surface area contributed by atoms with Gasteiger partial charge in [0, 0.05) is 13.6 Å². The lowest BCUT2D eigenvalue weighted by Crippen LogP contribution is -2.20. The Morgan fingerprint density at radius 2 is 2.37 bits per heavy atom. The summed E-state index contributed by atoms with van der Waals surface area (Å²) >= 11 is 0. The third kappa shape index (κ3) is 5.00. The molecule has 0 spiro atoms. The van der Waals surface area contributed by atoms with Crippen LogP contribution in [0.2, 0.25) is 0 Å². The number of ether oxygens (including phenoxy) is 1. The first-order valence-corrected chi connectivity index (χ1v) is 6.63. The normalized spacial score (nSPS) is 12.4. The molecule has 0 fully saturated rings. The predicted octanol–water partition coefficient (Wildman–Crippen LogP) is 0.847. The van der Waals surface area contributed by atoms with Crippen LogP contribution in [0.25, 0.3) is 0 Å². The fourth-order valence-corrected chi connectivity index (χ4v) is 1.78. The van der Waals surface area contributed by atoms with Crippen LogP contribution in [0.15, 0.2) is 6.20 Å². The lowest BCUT2D eigenvalue weighted by atomic mass is 10.2. The zero-order valence-corrected chi connectivity index (χ0v) is 11.8. The maximum absolute atomic E-state index is 11.7. The van der Waals surface area contributed by atoms with Gasteiger partial charge >= 0.3 is 5.97 Å². The first-order valence-electron chi connectivity index (χ1n) is 6.63. The molecule has 0 aliphatic heterocycles. The molecule has 1 aromatic rings. The van der Waals surface area contributed by atoms with Crippen LogP contribution in [-0.4, -0.2) is 40.1 Å². The summed E-state index contributed by atoms with van der Waals surface area (Å²) in [4.78, 5) is 11.7. The summed E-state index contributed by atoms with van der Waals surface area (Å²) in [5, 5.41) is 16.5. The quantitative estimate of drug-likeness (QED) is 0.540. The van der Waals surface area contributed by atoms with Crippen molar-refractivity contribution in [1.82, 2.24) is 15.1 Å². The molecule has 108 valence electrons. The van der Waals surface area contributed by atoms with E-state index >= 15 is 0 Å². The van der Waals surface area contributed by atoms with E-state index in [1.807, 2.05) is 0 Å². The Hall–Kier alpha value is -1.40. The Kier molecular flexibility index (Phi) is 6.52. The molecular formula is C13H23N3O3. The van der Waals surface area contributed by atoms with Gasteiger partial charge in [0.15, 0.2) is 0 Å². The topological polar surface area (TPSA) is 76.4 Å². The van der Waals surface area contributed by atoms with Crippen LogP contribution in [0.3, 0.4) is 0 Å². The molecule has 2 N–H and O–H groups in total. The number of nitrogens with one attached hydrogen (secondary N) is 1. The highest BCUT2D eigenvalue weighted by molar-refractivity contribution is 5.90. The van der Waals surface area contributed by atoms with Crippen LogP contribution in [0, 0.1) is 0 Å². The Labute approximate surface area is 113 Å². The highest BCUT2D eigenvalue weighted by atomic mass is 16.5. The van der Waals surface area contributed by atoms with Gasteiger partial charge in [0.2, 0.25) is 0 Å². The number of hydrogen-bond donors (Lipinski definition) is 2. The summed E-state index contributed by atoms with van der Waals surface area (Å²) in [6.07, 6.45) is 2.92. The molecule has 19 heavy (non-hydrogen) atoms. The van der Waals surface area contributed by atoms with Crippen molar-refractivity contribution in [1.29, 1.82) is 0 Å². The van der Waals surface area contributed by atoms with E-state index in [0.29, 0.717) is 18.7 Å². The van der Waals surface area contributed by atoms with E-state index < -0.39 is 0 Å². The van der Waals surface area contributed by atoms with Crippen molar-refractivity contribution in [2.75, 3.05) is 13.2 Å². The van der Waals surface area contributed by atoms with E-state index in [9.17, 15) is 4.79 Å². The van der Waals surface area contributed by atoms with Gasteiger partial charge in [-0.2, -0.15) is 5.10 Å². The molecule has 0 aromatic carbocycles. The molecule has 6 heteroatoms. The summed E-state index contributed by atoms with van der Waals surface area (Å²) in [5.41, 5.74) is 1.32. The molecule has 1 unspecified atom stereocenters. The van der Waals surface area contributed by atoms with Crippen molar-refractivity contribution in [2.24, 2.45) is 7.05 Å². The first-order chi connectivity index (χ1) is 9.06. The molecular weight excluding hydrogens is 246 g/mol. The number of esters is 1. The summed E-state index contributed by atoms with van der Waals surface area (Å²) in [6.45, 7) is 5.26. The van der Waals surface area contributed by atoms with Crippen molar-refractivity contribution >= 4 is 5.97 Å². The van der Waals surface area contributed by atoms with Crippen molar-refractivity contribution in [3.63, 3.8) is 0 Å². The Morgan fingerprint density at radius 3 is 3.00 bits per heavy atom. The van der Waals surface area contributed by atoms with Crippen LogP contribution in [0.5, 0.6) is 0 Å². The number of carbonyl (C=O) groups excluding carboxylic acids is 1. The SMILES string of the molecule is CCOC(=O)c1cnn(C)c1CNCCCC(C)O. The predicted molar refractivity (Wildman–Crippen MR) is 71.8 cm³/mol. The molecule has 1 atom stereocenters. The number of rotatable bonds is 8. The number of aliphatic hydroxyl groups excluding tert-OH is 1. The second-order valence-corrected chi connectivity index (χ2v) is 4.52. The van der Waals surface area contributed by atoms with Crippen LogP contribution in [0.1, 0.15) is 42.7 Å². The smallest absolute Gasteiger partial charge is 0.341 e. The molecule has 0 aliphatic rings. The molecule has 1 aromatic heterocycles. The number of carbonyl (C=O) groups is 1. The Bertz CT molecular complexity index is 402. The minimum absolute atomic E-state index is 0.270. The zero-order valence-electron chi connectivity index (χ0n) is 11.8. The molecule has 6 nitrogen and oxygen atoms in total.